The number of aliphatic hydroxyl groups is 1. The molecule has 0 unspecified atom stereocenters. The van der Waals surface area contributed by atoms with Crippen LogP contribution in [0, 0.1) is 6.92 Å². The summed E-state index contributed by atoms with van der Waals surface area (Å²) >= 11 is 0. The number of benzene rings is 1. The summed E-state index contributed by atoms with van der Waals surface area (Å²) in [6, 6.07) is 6.01. The molecule has 0 saturated heterocycles. The fourth-order valence-electron chi connectivity index (χ4n) is 3.25. The van der Waals surface area contributed by atoms with Gasteiger partial charge in [0.2, 0.25) is 5.91 Å². The lowest BCUT2D eigenvalue weighted by Gasteiger charge is -2.35. The molecule has 0 aromatic heterocycles. The van der Waals surface area contributed by atoms with E-state index in [4.69, 9.17) is 4.74 Å². The number of aliphatic hydroxyl groups excluding tert-OH is 1. The van der Waals surface area contributed by atoms with Gasteiger partial charge in [0.1, 0.15) is 5.75 Å². The van der Waals surface area contributed by atoms with Crippen LogP contribution in [0.2, 0.25) is 0 Å². The van der Waals surface area contributed by atoms with E-state index in [-0.39, 0.29) is 18.1 Å². The molecule has 4 nitrogen and oxygen atoms in total. The van der Waals surface area contributed by atoms with Crippen LogP contribution in [0.25, 0.3) is 0 Å². The predicted octanol–water partition coefficient (Wildman–Crippen LogP) is 2.70. The molecule has 1 aromatic rings. The highest BCUT2D eigenvalue weighted by Crippen LogP contribution is 2.23. The van der Waals surface area contributed by atoms with Crippen LogP contribution in [0.1, 0.15) is 43.2 Å². The highest BCUT2D eigenvalue weighted by molar-refractivity contribution is 5.76. The van der Waals surface area contributed by atoms with Gasteiger partial charge in [0.05, 0.1) is 19.3 Å². The lowest BCUT2D eigenvalue weighted by atomic mass is 9.91. The Hall–Kier alpha value is -1.55. The smallest absolute Gasteiger partial charge is 0.222 e. The number of hydrogen-bond acceptors (Lipinski definition) is 3. The lowest BCUT2D eigenvalue weighted by molar-refractivity contribution is -0.135. The fraction of sp³-hybridized carbons (Fsp3) is 0.611. The van der Waals surface area contributed by atoms with Crippen molar-refractivity contribution < 1.29 is 14.6 Å². The molecule has 4 heteroatoms. The molecule has 1 fully saturated rings. The van der Waals surface area contributed by atoms with Crippen LogP contribution >= 0.6 is 0 Å². The van der Waals surface area contributed by atoms with Crippen molar-refractivity contribution in [2.24, 2.45) is 0 Å². The van der Waals surface area contributed by atoms with Crippen molar-refractivity contribution in [3.63, 3.8) is 0 Å². The Kier molecular flexibility index (Phi) is 5.83. The van der Waals surface area contributed by atoms with Gasteiger partial charge < -0.3 is 14.7 Å². The number of methoxy groups -OCH3 is 1. The number of amides is 1. The van der Waals surface area contributed by atoms with Crippen molar-refractivity contribution in [2.75, 3.05) is 14.2 Å². The molecule has 2 atom stereocenters. The maximum atomic E-state index is 12.4. The van der Waals surface area contributed by atoms with E-state index in [9.17, 15) is 9.90 Å². The second-order valence-electron chi connectivity index (χ2n) is 6.23. The molecule has 1 saturated carbocycles. The molecule has 0 heterocycles. The number of likely N-dealkylation sites (N-methyl/N-ethyl adjacent to an activating group) is 1. The van der Waals surface area contributed by atoms with Crippen molar-refractivity contribution in [2.45, 2.75) is 57.6 Å². The van der Waals surface area contributed by atoms with E-state index in [1.807, 2.05) is 26.1 Å². The Morgan fingerprint density at radius 2 is 2.09 bits per heavy atom. The van der Waals surface area contributed by atoms with E-state index in [0.29, 0.717) is 6.42 Å². The van der Waals surface area contributed by atoms with Gasteiger partial charge in [-0.05, 0) is 43.4 Å². The number of aryl methyl sites for hydroxylation is 2. The first-order valence-electron chi connectivity index (χ1n) is 8.10. The molecule has 2 rings (SSSR count). The Morgan fingerprint density at radius 3 is 2.73 bits per heavy atom. The minimum Gasteiger partial charge on any atom is -0.496 e. The van der Waals surface area contributed by atoms with E-state index in [2.05, 4.69) is 6.07 Å². The molecular formula is C18H27NO3. The summed E-state index contributed by atoms with van der Waals surface area (Å²) in [7, 11) is 3.48. The summed E-state index contributed by atoms with van der Waals surface area (Å²) in [5, 5.41) is 10.1. The highest BCUT2D eigenvalue weighted by Gasteiger charge is 2.28. The van der Waals surface area contributed by atoms with Crippen molar-refractivity contribution in [1.29, 1.82) is 0 Å². The van der Waals surface area contributed by atoms with E-state index < -0.39 is 0 Å². The van der Waals surface area contributed by atoms with Gasteiger partial charge in [-0.25, -0.2) is 0 Å². The maximum absolute atomic E-state index is 12.4. The van der Waals surface area contributed by atoms with E-state index >= 15 is 0 Å². The van der Waals surface area contributed by atoms with Gasteiger partial charge >= 0.3 is 0 Å². The first kappa shape index (κ1) is 16.8. The summed E-state index contributed by atoms with van der Waals surface area (Å²) in [4.78, 5) is 14.1. The monoisotopic (exact) mass is 305 g/mol. The number of ether oxygens (including phenoxy) is 1. The van der Waals surface area contributed by atoms with E-state index in [1.165, 1.54) is 0 Å². The van der Waals surface area contributed by atoms with Crippen molar-refractivity contribution in [1.82, 2.24) is 4.90 Å². The van der Waals surface area contributed by atoms with Gasteiger partial charge in [-0.15, -0.1) is 0 Å². The normalized spacial score (nSPS) is 21.5. The summed E-state index contributed by atoms with van der Waals surface area (Å²) in [5.41, 5.74) is 2.23. The van der Waals surface area contributed by atoms with Gasteiger partial charge in [0.15, 0.2) is 0 Å². The molecule has 0 radical (unpaired) electrons. The maximum Gasteiger partial charge on any atom is 0.222 e. The largest absolute Gasteiger partial charge is 0.496 e. The zero-order valence-electron chi connectivity index (χ0n) is 13.8. The zero-order chi connectivity index (χ0) is 16.1. The summed E-state index contributed by atoms with van der Waals surface area (Å²) in [6.45, 7) is 2.01. The summed E-state index contributed by atoms with van der Waals surface area (Å²) < 4.78 is 5.25. The lowest BCUT2D eigenvalue weighted by Crippen LogP contribution is -2.46. The van der Waals surface area contributed by atoms with E-state index in [1.54, 1.807) is 12.0 Å². The molecule has 122 valence electrons. The van der Waals surface area contributed by atoms with Gasteiger partial charge in [0.25, 0.3) is 0 Å². The van der Waals surface area contributed by atoms with Gasteiger partial charge in [-0.1, -0.05) is 25.0 Å². The molecule has 1 aliphatic carbocycles. The molecule has 1 aromatic carbocycles. The van der Waals surface area contributed by atoms with Gasteiger partial charge in [-0.2, -0.15) is 0 Å². The second-order valence-corrected chi connectivity index (χ2v) is 6.23. The zero-order valence-corrected chi connectivity index (χ0v) is 13.8. The standard InChI is InChI=1S/C18H27NO3/c1-13-12-14(8-10-17(13)22-3)9-11-18(21)19(2)15-6-4-5-7-16(15)20/h8,10,12,15-16,20H,4-7,9,11H2,1-3H3/t15-,16-/m1/s1. The van der Waals surface area contributed by atoms with Gasteiger partial charge in [0, 0.05) is 13.5 Å². The fourth-order valence-corrected chi connectivity index (χ4v) is 3.25. The molecule has 1 amide bonds. The van der Waals surface area contributed by atoms with E-state index in [0.717, 1.165) is 49.0 Å². The second kappa shape index (κ2) is 7.63. The third-order valence-corrected chi connectivity index (χ3v) is 4.67. The number of nitrogens with zero attached hydrogens (tertiary/aromatic N) is 1. The number of carbonyl (C=O) groups excluding carboxylic acids is 1. The number of hydrogen-bond donors (Lipinski definition) is 1. The Labute approximate surface area is 133 Å². The molecule has 0 aliphatic heterocycles. The average molecular weight is 305 g/mol. The topological polar surface area (TPSA) is 49.8 Å². The van der Waals surface area contributed by atoms with Crippen LogP contribution in [0.5, 0.6) is 5.75 Å². The minimum atomic E-state index is -0.370. The first-order chi connectivity index (χ1) is 10.5. The number of rotatable bonds is 5. The van der Waals surface area contributed by atoms with Crippen LogP contribution in [0.3, 0.4) is 0 Å². The third-order valence-electron chi connectivity index (χ3n) is 4.67. The van der Waals surface area contributed by atoms with Crippen molar-refractivity contribution >= 4 is 5.91 Å². The van der Waals surface area contributed by atoms with Crippen LogP contribution in [-0.4, -0.2) is 42.2 Å². The Morgan fingerprint density at radius 1 is 1.36 bits per heavy atom. The number of carbonyl (C=O) groups is 1. The summed E-state index contributed by atoms with van der Waals surface area (Å²) in [5.74, 6) is 0.983. The third kappa shape index (κ3) is 4.01. The molecule has 0 spiro atoms. The highest BCUT2D eigenvalue weighted by atomic mass is 16.5. The van der Waals surface area contributed by atoms with Gasteiger partial charge in [-0.3, -0.25) is 4.79 Å². The summed E-state index contributed by atoms with van der Waals surface area (Å²) in [6.07, 6.45) is 4.70. The average Bonchev–Trinajstić information content (AvgIpc) is 2.52. The van der Waals surface area contributed by atoms with Crippen molar-refractivity contribution in [3.05, 3.63) is 29.3 Å². The van der Waals surface area contributed by atoms with Crippen LogP contribution in [0.15, 0.2) is 18.2 Å². The van der Waals surface area contributed by atoms with Crippen LogP contribution in [0.4, 0.5) is 0 Å². The SMILES string of the molecule is COc1ccc(CCC(=O)N(C)[C@@H]2CCCC[C@H]2O)cc1C. The van der Waals surface area contributed by atoms with Crippen molar-refractivity contribution in [3.8, 4) is 5.75 Å². The van der Waals surface area contributed by atoms with Crippen LogP contribution in [-0.2, 0) is 11.2 Å². The molecule has 1 aliphatic rings. The molecule has 1 N–H and O–H groups in total. The van der Waals surface area contributed by atoms with Crippen LogP contribution < -0.4 is 4.74 Å². The first-order valence-corrected chi connectivity index (χ1v) is 8.10. The molecule has 0 bridgehead atoms. The quantitative estimate of drug-likeness (QED) is 0.910. The minimum absolute atomic E-state index is 0.0150. The molecule has 22 heavy (non-hydrogen) atoms. The Balaban J connectivity index is 1.90. The molecular weight excluding hydrogens is 278 g/mol. The predicted molar refractivity (Wildman–Crippen MR) is 87.1 cm³/mol. The Bertz CT molecular complexity index is 515.